The Labute approximate surface area is 131 Å². The number of para-hydroxylation sites is 2. The lowest BCUT2D eigenvalue weighted by molar-refractivity contribution is -0.127. The first kappa shape index (κ1) is 16.3. The van der Waals surface area contributed by atoms with E-state index >= 15 is 0 Å². The van der Waals surface area contributed by atoms with E-state index in [1.54, 1.807) is 12.1 Å². The van der Waals surface area contributed by atoms with E-state index in [-0.39, 0.29) is 30.4 Å². The number of hydrogen-bond acceptors (Lipinski definition) is 3. The molecule has 2 amide bonds. The van der Waals surface area contributed by atoms with E-state index < -0.39 is 0 Å². The minimum absolute atomic E-state index is 0.0173. The summed E-state index contributed by atoms with van der Waals surface area (Å²) in [5, 5.41) is 5.66. The molecule has 2 rings (SSSR count). The highest BCUT2D eigenvalue weighted by molar-refractivity contribution is 6.04. The highest BCUT2D eigenvalue weighted by Gasteiger charge is 2.19. The van der Waals surface area contributed by atoms with Crippen LogP contribution in [0.2, 0.25) is 0 Å². The van der Waals surface area contributed by atoms with Gasteiger partial charge < -0.3 is 15.4 Å². The zero-order valence-corrected chi connectivity index (χ0v) is 13.2. The van der Waals surface area contributed by atoms with Crippen molar-refractivity contribution in [2.24, 2.45) is 0 Å². The minimum Gasteiger partial charge on any atom is -0.489 e. The first-order chi connectivity index (χ1) is 10.5. The highest BCUT2D eigenvalue weighted by atomic mass is 16.5. The van der Waals surface area contributed by atoms with Crippen LogP contribution in [0.25, 0.3) is 0 Å². The normalized spacial score (nSPS) is 14.9. The summed E-state index contributed by atoms with van der Waals surface area (Å²) < 4.78 is 5.64. The van der Waals surface area contributed by atoms with Crippen LogP contribution < -0.4 is 15.4 Å². The molecule has 0 unspecified atom stereocenters. The number of amides is 2. The molecule has 0 aromatic heterocycles. The summed E-state index contributed by atoms with van der Waals surface area (Å²) in [6.45, 7) is 3.85. The lowest BCUT2D eigenvalue weighted by Crippen LogP contribution is -2.35. The second-order valence-corrected chi connectivity index (χ2v) is 5.94. The molecule has 0 radical (unpaired) electrons. The second kappa shape index (κ2) is 7.82. The Hall–Kier alpha value is -2.04. The average molecular weight is 304 g/mol. The van der Waals surface area contributed by atoms with E-state index in [1.807, 2.05) is 26.0 Å². The van der Waals surface area contributed by atoms with Crippen molar-refractivity contribution in [2.75, 3.05) is 5.32 Å². The Morgan fingerprint density at radius 2 is 1.86 bits per heavy atom. The summed E-state index contributed by atoms with van der Waals surface area (Å²) in [5.41, 5.74) is 0.592. The van der Waals surface area contributed by atoms with Crippen molar-refractivity contribution >= 4 is 17.5 Å². The summed E-state index contributed by atoms with van der Waals surface area (Å²) in [5.74, 6) is 0.0732. The Bertz CT molecular complexity index is 522. The fourth-order valence-corrected chi connectivity index (χ4v) is 2.62. The first-order valence-corrected chi connectivity index (χ1v) is 7.89. The summed E-state index contributed by atoms with van der Waals surface area (Å²) in [7, 11) is 0. The molecule has 0 aliphatic heterocycles. The van der Waals surface area contributed by atoms with Gasteiger partial charge in [0.15, 0.2) is 0 Å². The summed E-state index contributed by atoms with van der Waals surface area (Å²) in [4.78, 5) is 23.9. The highest BCUT2D eigenvalue weighted by Crippen LogP contribution is 2.25. The zero-order valence-electron chi connectivity index (χ0n) is 13.2. The van der Waals surface area contributed by atoms with Crippen LogP contribution in [-0.4, -0.2) is 24.0 Å². The lowest BCUT2D eigenvalue weighted by Gasteiger charge is -2.15. The number of hydrogen-bond donors (Lipinski definition) is 2. The number of carbonyl (C=O) groups is 2. The number of rotatable bonds is 6. The van der Waals surface area contributed by atoms with Crippen molar-refractivity contribution in [2.45, 2.75) is 58.1 Å². The fraction of sp³-hybridized carbons (Fsp3) is 0.529. The Morgan fingerprint density at radius 1 is 1.18 bits per heavy atom. The third-order valence-corrected chi connectivity index (χ3v) is 3.57. The Morgan fingerprint density at radius 3 is 2.55 bits per heavy atom. The van der Waals surface area contributed by atoms with Gasteiger partial charge in [0.1, 0.15) is 12.2 Å². The van der Waals surface area contributed by atoms with Gasteiger partial charge in [-0.1, -0.05) is 25.0 Å². The molecule has 5 heteroatoms. The Balaban J connectivity index is 1.87. The number of anilines is 1. The zero-order chi connectivity index (χ0) is 15.9. The minimum atomic E-state index is -0.324. The van der Waals surface area contributed by atoms with Crippen molar-refractivity contribution in [3.05, 3.63) is 24.3 Å². The molecule has 2 N–H and O–H groups in total. The van der Waals surface area contributed by atoms with Gasteiger partial charge in [-0.2, -0.15) is 0 Å². The summed E-state index contributed by atoms with van der Waals surface area (Å²) in [6, 6.07) is 7.47. The van der Waals surface area contributed by atoms with Crippen LogP contribution in [-0.2, 0) is 9.59 Å². The predicted molar refractivity (Wildman–Crippen MR) is 85.9 cm³/mol. The van der Waals surface area contributed by atoms with Gasteiger partial charge in [-0.25, -0.2) is 0 Å². The van der Waals surface area contributed by atoms with E-state index in [4.69, 9.17) is 4.74 Å². The molecule has 120 valence electrons. The van der Waals surface area contributed by atoms with Crippen molar-refractivity contribution in [1.29, 1.82) is 0 Å². The van der Waals surface area contributed by atoms with Gasteiger partial charge >= 0.3 is 0 Å². The SMILES string of the molecule is CC(C)Oc1ccccc1NC(=O)CC(=O)NC1CCCC1. The number of ether oxygens (including phenoxy) is 1. The van der Waals surface area contributed by atoms with Gasteiger partial charge in [0.25, 0.3) is 0 Å². The molecule has 0 heterocycles. The molecule has 1 aliphatic carbocycles. The van der Waals surface area contributed by atoms with E-state index in [0.717, 1.165) is 25.7 Å². The van der Waals surface area contributed by atoms with Crippen LogP contribution in [0.3, 0.4) is 0 Å². The quantitative estimate of drug-likeness (QED) is 0.794. The molecule has 0 atom stereocenters. The fourth-order valence-electron chi connectivity index (χ4n) is 2.62. The van der Waals surface area contributed by atoms with E-state index in [0.29, 0.717) is 11.4 Å². The smallest absolute Gasteiger partial charge is 0.233 e. The van der Waals surface area contributed by atoms with Gasteiger partial charge in [-0.3, -0.25) is 9.59 Å². The number of carbonyl (C=O) groups excluding carboxylic acids is 2. The van der Waals surface area contributed by atoms with Crippen LogP contribution >= 0.6 is 0 Å². The molecule has 1 fully saturated rings. The lowest BCUT2D eigenvalue weighted by atomic mass is 10.2. The maximum atomic E-state index is 12.0. The summed E-state index contributed by atoms with van der Waals surface area (Å²) in [6.07, 6.45) is 4.18. The van der Waals surface area contributed by atoms with Gasteiger partial charge in [-0.15, -0.1) is 0 Å². The second-order valence-electron chi connectivity index (χ2n) is 5.94. The Kier molecular flexibility index (Phi) is 5.81. The first-order valence-electron chi connectivity index (χ1n) is 7.89. The molecule has 0 saturated heterocycles. The van der Waals surface area contributed by atoms with Crippen LogP contribution in [0.1, 0.15) is 46.0 Å². The molecule has 5 nitrogen and oxygen atoms in total. The molecular formula is C17H24N2O3. The number of benzene rings is 1. The van der Waals surface area contributed by atoms with Gasteiger partial charge in [0.05, 0.1) is 11.8 Å². The van der Waals surface area contributed by atoms with Gasteiger partial charge in [0, 0.05) is 6.04 Å². The average Bonchev–Trinajstić information content (AvgIpc) is 2.93. The van der Waals surface area contributed by atoms with E-state index in [2.05, 4.69) is 10.6 Å². The van der Waals surface area contributed by atoms with Crippen molar-refractivity contribution in [1.82, 2.24) is 5.32 Å². The van der Waals surface area contributed by atoms with Crippen LogP contribution in [0, 0.1) is 0 Å². The standard InChI is InChI=1S/C17H24N2O3/c1-12(2)22-15-10-6-5-9-14(15)19-17(21)11-16(20)18-13-7-3-4-8-13/h5-6,9-10,12-13H,3-4,7-8,11H2,1-2H3,(H,18,20)(H,19,21). The molecule has 1 aromatic carbocycles. The molecule has 0 bridgehead atoms. The van der Waals surface area contributed by atoms with E-state index in [1.165, 1.54) is 0 Å². The summed E-state index contributed by atoms with van der Waals surface area (Å²) >= 11 is 0. The van der Waals surface area contributed by atoms with Crippen LogP contribution in [0.4, 0.5) is 5.69 Å². The predicted octanol–water partition coefficient (Wildman–Crippen LogP) is 2.86. The topological polar surface area (TPSA) is 67.4 Å². The van der Waals surface area contributed by atoms with E-state index in [9.17, 15) is 9.59 Å². The van der Waals surface area contributed by atoms with Crippen molar-refractivity contribution in [3.63, 3.8) is 0 Å². The van der Waals surface area contributed by atoms with Crippen molar-refractivity contribution < 1.29 is 14.3 Å². The largest absolute Gasteiger partial charge is 0.489 e. The maximum absolute atomic E-state index is 12.0. The molecular weight excluding hydrogens is 280 g/mol. The number of nitrogens with one attached hydrogen (secondary N) is 2. The third-order valence-electron chi connectivity index (χ3n) is 3.57. The third kappa shape index (κ3) is 5.06. The molecule has 22 heavy (non-hydrogen) atoms. The van der Waals surface area contributed by atoms with Crippen molar-refractivity contribution in [3.8, 4) is 5.75 Å². The van der Waals surface area contributed by atoms with Crippen LogP contribution in [0.5, 0.6) is 5.75 Å². The van der Waals surface area contributed by atoms with Gasteiger partial charge in [-0.05, 0) is 38.8 Å². The monoisotopic (exact) mass is 304 g/mol. The molecule has 0 spiro atoms. The molecule has 1 saturated carbocycles. The molecule has 1 aromatic rings. The maximum Gasteiger partial charge on any atom is 0.233 e. The van der Waals surface area contributed by atoms with Gasteiger partial charge in [0.2, 0.25) is 11.8 Å². The van der Waals surface area contributed by atoms with Crippen LogP contribution in [0.15, 0.2) is 24.3 Å². The molecule has 1 aliphatic rings.